The lowest BCUT2D eigenvalue weighted by Crippen LogP contribution is -2.34. The van der Waals surface area contributed by atoms with Crippen molar-refractivity contribution in [1.29, 1.82) is 0 Å². The van der Waals surface area contributed by atoms with Gasteiger partial charge in [0.15, 0.2) is 5.82 Å². The molecule has 24 heavy (non-hydrogen) atoms. The maximum absolute atomic E-state index is 11.2. The van der Waals surface area contributed by atoms with Gasteiger partial charge in [0, 0.05) is 23.6 Å². The molecule has 1 amide bonds. The Hall–Kier alpha value is -2.22. The lowest BCUT2D eigenvalue weighted by Gasteiger charge is -2.31. The van der Waals surface area contributed by atoms with Gasteiger partial charge in [-0.25, -0.2) is 0 Å². The van der Waals surface area contributed by atoms with E-state index in [0.717, 1.165) is 37.4 Å². The fourth-order valence-corrected chi connectivity index (χ4v) is 2.94. The number of nitrogens with one attached hydrogen (secondary N) is 1. The maximum atomic E-state index is 11.2. The summed E-state index contributed by atoms with van der Waals surface area (Å²) in [6.07, 6.45) is 2.11. The molecule has 0 aliphatic carbocycles. The number of nitrogens with zero attached hydrogens (tertiary/aromatic N) is 4. The van der Waals surface area contributed by atoms with Gasteiger partial charge < -0.3 is 10.3 Å². The predicted octanol–water partition coefficient (Wildman–Crippen LogP) is 1.57. The summed E-state index contributed by atoms with van der Waals surface area (Å²) in [5.74, 6) is 1.16. The van der Waals surface area contributed by atoms with Crippen molar-refractivity contribution in [2.75, 3.05) is 13.1 Å². The van der Waals surface area contributed by atoms with Gasteiger partial charge in [0.1, 0.15) is 5.69 Å². The van der Waals surface area contributed by atoms with Crippen LogP contribution in [0.5, 0.6) is 0 Å². The van der Waals surface area contributed by atoms with Gasteiger partial charge in [-0.05, 0) is 25.5 Å². The van der Waals surface area contributed by atoms with E-state index >= 15 is 0 Å². The molecule has 0 aromatic carbocycles. The van der Waals surface area contributed by atoms with Gasteiger partial charge in [-0.1, -0.05) is 25.9 Å². The van der Waals surface area contributed by atoms with Gasteiger partial charge in [0.25, 0.3) is 5.91 Å². The molecule has 0 spiro atoms. The smallest absolute Gasteiger partial charge is 0.269 e. The molecule has 1 aliphatic heterocycles. The molecule has 0 bridgehead atoms. The summed E-state index contributed by atoms with van der Waals surface area (Å²) >= 11 is 0. The van der Waals surface area contributed by atoms with Crippen LogP contribution in [0.25, 0.3) is 0 Å². The van der Waals surface area contributed by atoms with Crippen LogP contribution >= 0.6 is 0 Å². The first-order valence-electron chi connectivity index (χ1n) is 8.23. The van der Waals surface area contributed by atoms with Crippen LogP contribution in [0.1, 0.15) is 67.4 Å². The van der Waals surface area contributed by atoms with E-state index in [2.05, 4.69) is 46.0 Å². The van der Waals surface area contributed by atoms with Gasteiger partial charge in [0.2, 0.25) is 5.89 Å². The first-order chi connectivity index (χ1) is 11.3. The summed E-state index contributed by atoms with van der Waals surface area (Å²) in [5.41, 5.74) is 6.39. The molecule has 0 unspecified atom stereocenters. The van der Waals surface area contributed by atoms with Crippen molar-refractivity contribution in [3.05, 3.63) is 29.2 Å². The molecule has 1 atom stereocenters. The summed E-state index contributed by atoms with van der Waals surface area (Å²) in [7, 11) is 0. The molecule has 8 nitrogen and oxygen atoms in total. The highest BCUT2D eigenvalue weighted by atomic mass is 16.5. The molecule has 130 valence electrons. The number of H-pyrrole nitrogens is 1. The molecule has 0 radical (unpaired) electrons. The Morgan fingerprint density at radius 1 is 1.50 bits per heavy atom. The second-order valence-electron chi connectivity index (χ2n) is 7.41. The van der Waals surface area contributed by atoms with E-state index < -0.39 is 5.91 Å². The summed E-state index contributed by atoms with van der Waals surface area (Å²) in [4.78, 5) is 18.0. The maximum Gasteiger partial charge on any atom is 0.269 e. The van der Waals surface area contributed by atoms with Crippen LogP contribution in [0.15, 0.2) is 10.6 Å². The van der Waals surface area contributed by atoms with Gasteiger partial charge in [-0.3, -0.25) is 14.8 Å². The standard InChI is InChI=1S/C16H24N6O2/c1-16(2,3)15-18-13(24-21-15)9-22-6-4-5-10(8-22)11-7-12(14(17)23)20-19-11/h7,10H,4-6,8-9H2,1-3H3,(H2,17,23)(H,19,20)/t10-/m0/s1. The van der Waals surface area contributed by atoms with Crippen molar-refractivity contribution in [3.63, 3.8) is 0 Å². The molecule has 3 N–H and O–H groups in total. The molecule has 3 rings (SSSR count). The summed E-state index contributed by atoms with van der Waals surface area (Å²) in [6, 6.07) is 1.75. The molecule has 1 aliphatic rings. The van der Waals surface area contributed by atoms with Crippen LogP contribution in [0.2, 0.25) is 0 Å². The van der Waals surface area contributed by atoms with Crippen LogP contribution in [0.3, 0.4) is 0 Å². The third-order valence-electron chi connectivity index (χ3n) is 4.29. The largest absolute Gasteiger partial charge is 0.364 e. The Morgan fingerprint density at radius 2 is 2.29 bits per heavy atom. The first-order valence-corrected chi connectivity index (χ1v) is 8.23. The van der Waals surface area contributed by atoms with Gasteiger partial charge in [-0.2, -0.15) is 10.1 Å². The minimum atomic E-state index is -0.509. The van der Waals surface area contributed by atoms with E-state index in [1.54, 1.807) is 6.07 Å². The van der Waals surface area contributed by atoms with E-state index in [9.17, 15) is 4.79 Å². The van der Waals surface area contributed by atoms with E-state index in [0.29, 0.717) is 18.4 Å². The lowest BCUT2D eigenvalue weighted by atomic mass is 9.94. The molecule has 8 heteroatoms. The Bertz CT molecular complexity index is 714. The van der Waals surface area contributed by atoms with Crippen LogP contribution in [0.4, 0.5) is 0 Å². The zero-order chi connectivity index (χ0) is 17.3. The topological polar surface area (TPSA) is 114 Å². The fourth-order valence-electron chi connectivity index (χ4n) is 2.94. The number of aromatic nitrogens is 4. The van der Waals surface area contributed by atoms with Crippen LogP contribution in [-0.2, 0) is 12.0 Å². The van der Waals surface area contributed by atoms with Gasteiger partial charge >= 0.3 is 0 Å². The molecular weight excluding hydrogens is 308 g/mol. The SMILES string of the molecule is CC(C)(C)c1noc(CN2CCC[C@H](c3cc(C(N)=O)n[nH]3)C2)n1. The number of piperidine rings is 1. The highest BCUT2D eigenvalue weighted by molar-refractivity contribution is 5.90. The molecule has 3 heterocycles. The van der Waals surface area contributed by atoms with Crippen molar-refractivity contribution in [3.8, 4) is 0 Å². The second kappa shape index (κ2) is 6.35. The number of amides is 1. The number of primary amides is 1. The summed E-state index contributed by atoms with van der Waals surface area (Å²) < 4.78 is 5.39. The summed E-state index contributed by atoms with van der Waals surface area (Å²) in [5, 5.41) is 11.0. The summed E-state index contributed by atoms with van der Waals surface area (Å²) in [6.45, 7) is 8.66. The number of hydrogen-bond donors (Lipinski definition) is 2. The number of nitrogens with two attached hydrogens (primary N) is 1. The zero-order valence-electron chi connectivity index (χ0n) is 14.4. The van der Waals surface area contributed by atoms with Crippen LogP contribution in [0, 0.1) is 0 Å². The molecular formula is C16H24N6O2. The minimum Gasteiger partial charge on any atom is -0.364 e. The number of aromatic amines is 1. The number of carbonyl (C=O) groups is 1. The predicted molar refractivity (Wildman–Crippen MR) is 87.4 cm³/mol. The third kappa shape index (κ3) is 3.64. The monoisotopic (exact) mass is 332 g/mol. The van der Waals surface area contributed by atoms with Gasteiger partial charge in [0.05, 0.1) is 6.54 Å². The zero-order valence-corrected chi connectivity index (χ0v) is 14.4. The number of carbonyl (C=O) groups excluding carboxylic acids is 1. The van der Waals surface area contributed by atoms with Gasteiger partial charge in [-0.15, -0.1) is 0 Å². The van der Waals surface area contributed by atoms with Crippen LogP contribution in [-0.4, -0.2) is 44.2 Å². The number of rotatable bonds is 4. The molecule has 1 fully saturated rings. The van der Waals surface area contributed by atoms with Crippen molar-refractivity contribution in [2.24, 2.45) is 5.73 Å². The minimum absolute atomic E-state index is 0.118. The van der Waals surface area contributed by atoms with Crippen molar-refractivity contribution < 1.29 is 9.32 Å². The van der Waals surface area contributed by atoms with Crippen molar-refractivity contribution >= 4 is 5.91 Å². The highest BCUT2D eigenvalue weighted by Gasteiger charge is 2.26. The van der Waals surface area contributed by atoms with E-state index in [4.69, 9.17) is 10.3 Å². The Morgan fingerprint density at radius 3 is 2.92 bits per heavy atom. The third-order valence-corrected chi connectivity index (χ3v) is 4.29. The molecule has 2 aromatic heterocycles. The second-order valence-corrected chi connectivity index (χ2v) is 7.41. The van der Waals surface area contributed by atoms with E-state index in [1.807, 2.05) is 0 Å². The number of likely N-dealkylation sites (tertiary alicyclic amines) is 1. The Balaban J connectivity index is 1.65. The first kappa shape index (κ1) is 16.6. The van der Waals surface area contributed by atoms with Crippen molar-refractivity contribution in [1.82, 2.24) is 25.2 Å². The normalized spacial score (nSPS) is 19.5. The quantitative estimate of drug-likeness (QED) is 0.878. The highest BCUT2D eigenvalue weighted by Crippen LogP contribution is 2.27. The fraction of sp³-hybridized carbons (Fsp3) is 0.625. The average Bonchev–Trinajstić information content (AvgIpc) is 3.16. The Labute approximate surface area is 140 Å². The molecule has 1 saturated heterocycles. The van der Waals surface area contributed by atoms with E-state index in [1.165, 1.54) is 0 Å². The molecule has 2 aromatic rings. The average molecular weight is 332 g/mol. The van der Waals surface area contributed by atoms with Crippen molar-refractivity contribution in [2.45, 2.75) is 51.5 Å². The number of hydrogen-bond acceptors (Lipinski definition) is 6. The molecule has 0 saturated carbocycles. The van der Waals surface area contributed by atoms with E-state index in [-0.39, 0.29) is 11.1 Å². The van der Waals surface area contributed by atoms with Crippen LogP contribution < -0.4 is 5.73 Å². The Kier molecular flexibility index (Phi) is 4.40. The lowest BCUT2D eigenvalue weighted by molar-refractivity contribution is 0.0995.